The first-order valence-corrected chi connectivity index (χ1v) is 14.8. The Morgan fingerprint density at radius 2 is 1.90 bits per heavy atom. The molecule has 2 aromatic rings. The van der Waals surface area contributed by atoms with Crippen LogP contribution >= 0.6 is 0 Å². The molecule has 3 N–H and O–H groups in total. The zero-order valence-electron chi connectivity index (χ0n) is 22.1. The largest absolute Gasteiger partial charge is 0.356 e. The van der Waals surface area contributed by atoms with Crippen LogP contribution in [0.2, 0.25) is 0 Å². The molecule has 0 bridgehead atoms. The van der Waals surface area contributed by atoms with Crippen molar-refractivity contribution in [3.8, 4) is 0 Å². The summed E-state index contributed by atoms with van der Waals surface area (Å²) >= 11 is 0. The SMILES string of the molecule is CC[C@H]1CC(F)(F)C[C@@H](C(=O)N[C@H](/C=C(\F)S(C)(=O)=O)C[C@@H]2CCNC2=O)N1C(=O)c1cc2c(F)ccc(F)c2[nH]1. The molecule has 0 spiro atoms. The van der Waals surface area contributed by atoms with Gasteiger partial charge in [-0.25, -0.2) is 26.0 Å². The second-order valence-corrected chi connectivity index (χ2v) is 12.4. The molecule has 2 saturated heterocycles. The number of rotatable bonds is 8. The van der Waals surface area contributed by atoms with Crippen LogP contribution in [0.15, 0.2) is 29.4 Å². The maximum Gasteiger partial charge on any atom is 0.271 e. The van der Waals surface area contributed by atoms with E-state index in [1.807, 2.05) is 0 Å². The topological polar surface area (TPSA) is 128 Å². The number of nitrogens with zero attached hydrogens (tertiary/aromatic N) is 1. The van der Waals surface area contributed by atoms with Crippen molar-refractivity contribution in [3.63, 3.8) is 0 Å². The molecule has 2 aliphatic rings. The van der Waals surface area contributed by atoms with E-state index in [4.69, 9.17) is 0 Å². The van der Waals surface area contributed by atoms with E-state index in [0.717, 1.165) is 23.1 Å². The van der Waals surface area contributed by atoms with Crippen molar-refractivity contribution in [2.45, 2.75) is 63.1 Å². The predicted octanol–water partition coefficient (Wildman–Crippen LogP) is 3.33. The van der Waals surface area contributed by atoms with Crippen molar-refractivity contribution in [1.82, 2.24) is 20.5 Å². The number of amides is 3. The summed E-state index contributed by atoms with van der Waals surface area (Å²) in [6, 6.07) is -1.63. The van der Waals surface area contributed by atoms with Gasteiger partial charge in [-0.1, -0.05) is 6.92 Å². The Bertz CT molecular complexity index is 1470. The number of hydrogen-bond donors (Lipinski definition) is 3. The number of aromatic amines is 1. The quantitative estimate of drug-likeness (QED) is 0.399. The van der Waals surface area contributed by atoms with Gasteiger partial charge in [0.15, 0.2) is 0 Å². The lowest BCUT2D eigenvalue weighted by atomic mass is 9.89. The van der Waals surface area contributed by atoms with E-state index in [0.29, 0.717) is 25.3 Å². The van der Waals surface area contributed by atoms with Gasteiger partial charge in [-0.05, 0) is 43.5 Å². The summed E-state index contributed by atoms with van der Waals surface area (Å²) in [4.78, 5) is 42.6. The van der Waals surface area contributed by atoms with E-state index in [-0.39, 0.29) is 29.4 Å². The minimum atomic E-state index is -4.32. The van der Waals surface area contributed by atoms with Crippen molar-refractivity contribution in [3.05, 3.63) is 46.8 Å². The first-order chi connectivity index (χ1) is 19.1. The fraction of sp³-hybridized carbons (Fsp3) is 0.500. The summed E-state index contributed by atoms with van der Waals surface area (Å²) in [5.41, 5.74) is -0.659. The first-order valence-electron chi connectivity index (χ1n) is 12.9. The van der Waals surface area contributed by atoms with Gasteiger partial charge in [0.2, 0.25) is 26.8 Å². The molecule has 41 heavy (non-hydrogen) atoms. The van der Waals surface area contributed by atoms with E-state index < -0.39 is 87.2 Å². The van der Waals surface area contributed by atoms with Crippen LogP contribution in [0.3, 0.4) is 0 Å². The number of nitrogens with one attached hydrogen (secondary N) is 3. The highest BCUT2D eigenvalue weighted by Gasteiger charge is 2.50. The molecule has 0 unspecified atom stereocenters. The summed E-state index contributed by atoms with van der Waals surface area (Å²) < 4.78 is 96.0. The Morgan fingerprint density at radius 1 is 1.22 bits per heavy atom. The third kappa shape index (κ3) is 6.54. The zero-order valence-corrected chi connectivity index (χ0v) is 23.0. The maximum absolute atomic E-state index is 14.8. The molecule has 3 amide bonds. The molecule has 4 atom stereocenters. The van der Waals surface area contributed by atoms with E-state index in [1.54, 1.807) is 0 Å². The molecule has 2 aliphatic heterocycles. The zero-order chi connectivity index (χ0) is 30.3. The maximum atomic E-state index is 14.8. The number of carbonyl (C=O) groups is 3. The lowest BCUT2D eigenvalue weighted by Gasteiger charge is -2.44. The molecule has 1 aromatic carbocycles. The number of fused-ring (bicyclic) bond motifs is 1. The first kappa shape index (κ1) is 30.5. The molecule has 3 heterocycles. The summed E-state index contributed by atoms with van der Waals surface area (Å²) in [5, 5.41) is 3.07. The van der Waals surface area contributed by atoms with Gasteiger partial charge in [0.25, 0.3) is 11.8 Å². The molecule has 224 valence electrons. The normalized spacial score (nSPS) is 23.9. The Labute approximate surface area is 232 Å². The average molecular weight is 605 g/mol. The Hall–Kier alpha value is -3.49. The minimum Gasteiger partial charge on any atom is -0.356 e. The number of halogens is 5. The molecule has 0 saturated carbocycles. The summed E-state index contributed by atoms with van der Waals surface area (Å²) in [5.74, 6) is -8.28. The van der Waals surface area contributed by atoms with Gasteiger partial charge in [-0.15, -0.1) is 0 Å². The van der Waals surface area contributed by atoms with Crippen LogP contribution in [-0.4, -0.2) is 72.9 Å². The monoisotopic (exact) mass is 604 g/mol. The van der Waals surface area contributed by atoms with Crippen molar-refractivity contribution in [2.75, 3.05) is 12.8 Å². The van der Waals surface area contributed by atoms with Gasteiger partial charge in [0.1, 0.15) is 23.4 Å². The number of aromatic nitrogens is 1. The van der Waals surface area contributed by atoms with Crippen LogP contribution in [0.25, 0.3) is 10.9 Å². The van der Waals surface area contributed by atoms with Crippen LogP contribution in [-0.2, 0) is 19.4 Å². The second kappa shape index (κ2) is 11.4. The fourth-order valence-corrected chi connectivity index (χ4v) is 5.75. The van der Waals surface area contributed by atoms with Crippen LogP contribution in [0.5, 0.6) is 0 Å². The van der Waals surface area contributed by atoms with Gasteiger partial charge in [0.05, 0.1) is 11.6 Å². The van der Waals surface area contributed by atoms with Crippen molar-refractivity contribution >= 4 is 38.5 Å². The lowest BCUT2D eigenvalue weighted by molar-refractivity contribution is -0.140. The molecule has 4 rings (SSSR count). The highest BCUT2D eigenvalue weighted by Crippen LogP contribution is 2.38. The molecule has 9 nitrogen and oxygen atoms in total. The second-order valence-electron chi connectivity index (χ2n) is 10.4. The van der Waals surface area contributed by atoms with Crippen LogP contribution in [0, 0.1) is 17.6 Å². The molecule has 1 aromatic heterocycles. The molecule has 0 aliphatic carbocycles. The smallest absolute Gasteiger partial charge is 0.271 e. The Kier molecular flexibility index (Phi) is 8.48. The van der Waals surface area contributed by atoms with Crippen LogP contribution in [0.1, 0.15) is 49.5 Å². The molecule has 2 fully saturated rings. The van der Waals surface area contributed by atoms with E-state index in [2.05, 4.69) is 15.6 Å². The van der Waals surface area contributed by atoms with Gasteiger partial charge >= 0.3 is 0 Å². The lowest BCUT2D eigenvalue weighted by Crippen LogP contribution is -2.61. The number of H-pyrrole nitrogens is 1. The van der Waals surface area contributed by atoms with Gasteiger partial charge in [0, 0.05) is 43.0 Å². The van der Waals surface area contributed by atoms with Crippen LogP contribution in [0.4, 0.5) is 22.0 Å². The average Bonchev–Trinajstić information content (AvgIpc) is 3.51. The van der Waals surface area contributed by atoms with Gasteiger partial charge in [-0.3, -0.25) is 14.4 Å². The Balaban J connectivity index is 1.69. The van der Waals surface area contributed by atoms with Crippen molar-refractivity contribution in [1.29, 1.82) is 0 Å². The third-order valence-corrected chi connectivity index (χ3v) is 8.24. The fourth-order valence-electron chi connectivity index (χ4n) is 5.34. The minimum absolute atomic E-state index is 0.00233. The molecule has 15 heteroatoms. The summed E-state index contributed by atoms with van der Waals surface area (Å²) in [6.45, 7) is 1.83. The number of sulfone groups is 1. The van der Waals surface area contributed by atoms with E-state index in [1.165, 1.54) is 6.92 Å². The number of likely N-dealkylation sites (tertiary alicyclic amines) is 1. The highest BCUT2D eigenvalue weighted by molar-refractivity contribution is 7.94. The number of carbonyl (C=O) groups excluding carboxylic acids is 3. The standard InChI is InChI=1S/C26H29F5N4O5S/c1-3-15-11-26(30,31)12-20(35(15)25(38)19-10-16-17(27)4-5-18(28)22(16)34-19)24(37)33-14(9-21(29)41(2,39)40)8-13-6-7-32-23(13)36/h4-5,9-10,13-15,20,34H,3,6-8,11-12H2,1-2H3,(H,32,36)(H,33,37)/b21-9+/t13-,14-,15-,20-/m0/s1. The molecular formula is C26H29F5N4O5S. The van der Waals surface area contributed by atoms with Gasteiger partial charge in [-0.2, -0.15) is 4.39 Å². The predicted molar refractivity (Wildman–Crippen MR) is 138 cm³/mol. The summed E-state index contributed by atoms with van der Waals surface area (Å²) in [7, 11) is -4.32. The van der Waals surface area contributed by atoms with Crippen molar-refractivity contribution < 1.29 is 44.8 Å². The Morgan fingerprint density at radius 3 is 2.49 bits per heavy atom. The van der Waals surface area contributed by atoms with E-state index in [9.17, 15) is 44.8 Å². The van der Waals surface area contributed by atoms with E-state index >= 15 is 0 Å². The third-order valence-electron chi connectivity index (χ3n) is 7.40. The highest BCUT2D eigenvalue weighted by atomic mass is 32.2. The number of benzene rings is 1. The van der Waals surface area contributed by atoms with Gasteiger partial charge < -0.3 is 20.5 Å². The number of hydrogen-bond acceptors (Lipinski definition) is 5. The van der Waals surface area contributed by atoms with Crippen molar-refractivity contribution in [2.24, 2.45) is 5.92 Å². The summed E-state index contributed by atoms with van der Waals surface area (Å²) in [6.07, 6.45) is -0.615. The number of piperidine rings is 1. The molecule has 0 radical (unpaired) electrons. The molecular weight excluding hydrogens is 575 g/mol. The number of alkyl halides is 2. The van der Waals surface area contributed by atoms with Crippen LogP contribution < -0.4 is 10.6 Å².